The fourth-order valence-corrected chi connectivity index (χ4v) is 3.96. The molecular formula is C20H25N3O3. The van der Waals surface area contributed by atoms with Gasteiger partial charge in [0.1, 0.15) is 11.4 Å². The number of nitrogens with one attached hydrogen (secondary N) is 1. The highest BCUT2D eigenvalue weighted by Gasteiger charge is 2.36. The van der Waals surface area contributed by atoms with E-state index >= 15 is 0 Å². The van der Waals surface area contributed by atoms with Crippen molar-refractivity contribution in [2.75, 3.05) is 6.61 Å². The standard InChI is InChI=1S/C20H25N3O3/c1-3-23-17(8-12(2)22-23)20(25)21-19(15-10-16(24)11-15)14-4-5-18-13(9-14)6-7-26-18/h4-5,8-9,15-16,19,24H,3,6-7,10-11H2,1-2H3,(H,21,25). The highest BCUT2D eigenvalue weighted by Crippen LogP contribution is 2.40. The van der Waals surface area contributed by atoms with Gasteiger partial charge in [0.15, 0.2) is 0 Å². The monoisotopic (exact) mass is 355 g/mol. The van der Waals surface area contributed by atoms with E-state index in [1.165, 1.54) is 5.56 Å². The number of aromatic nitrogens is 2. The van der Waals surface area contributed by atoms with Gasteiger partial charge >= 0.3 is 0 Å². The van der Waals surface area contributed by atoms with Crippen molar-refractivity contribution < 1.29 is 14.6 Å². The summed E-state index contributed by atoms with van der Waals surface area (Å²) in [7, 11) is 0. The Labute approximate surface area is 153 Å². The van der Waals surface area contributed by atoms with Gasteiger partial charge in [0.05, 0.1) is 24.4 Å². The largest absolute Gasteiger partial charge is 0.493 e. The number of carbonyl (C=O) groups excluding carboxylic acids is 1. The fourth-order valence-electron chi connectivity index (χ4n) is 3.96. The lowest BCUT2D eigenvalue weighted by molar-refractivity contribution is 0.0234. The lowest BCUT2D eigenvalue weighted by Gasteiger charge is -2.38. The Hall–Kier alpha value is -2.34. The molecule has 1 aromatic carbocycles. The molecular weight excluding hydrogens is 330 g/mol. The van der Waals surface area contributed by atoms with E-state index in [2.05, 4.69) is 16.5 Å². The molecule has 6 heteroatoms. The minimum absolute atomic E-state index is 0.114. The van der Waals surface area contributed by atoms with Crippen molar-refractivity contribution in [2.24, 2.45) is 5.92 Å². The molecule has 1 saturated carbocycles. The summed E-state index contributed by atoms with van der Waals surface area (Å²) in [4.78, 5) is 12.9. The van der Waals surface area contributed by atoms with Crippen LogP contribution >= 0.6 is 0 Å². The summed E-state index contributed by atoms with van der Waals surface area (Å²) in [6.07, 6.45) is 2.06. The molecule has 2 aliphatic rings. The lowest BCUT2D eigenvalue weighted by Crippen LogP contribution is -2.42. The van der Waals surface area contributed by atoms with E-state index in [-0.39, 0.29) is 24.0 Å². The highest BCUT2D eigenvalue weighted by molar-refractivity contribution is 5.93. The fraction of sp³-hybridized carbons (Fsp3) is 0.500. The predicted molar refractivity (Wildman–Crippen MR) is 97.2 cm³/mol. The van der Waals surface area contributed by atoms with Gasteiger partial charge in [-0.1, -0.05) is 6.07 Å². The Morgan fingerprint density at radius 2 is 2.23 bits per heavy atom. The van der Waals surface area contributed by atoms with Crippen LogP contribution in [0, 0.1) is 12.8 Å². The van der Waals surface area contributed by atoms with Crippen LogP contribution in [-0.4, -0.2) is 33.5 Å². The molecule has 1 aliphatic heterocycles. The van der Waals surface area contributed by atoms with Gasteiger partial charge < -0.3 is 15.2 Å². The SMILES string of the molecule is CCn1nc(C)cc1C(=O)NC(c1ccc2c(c1)CCO2)C1CC(O)C1. The zero-order valence-corrected chi connectivity index (χ0v) is 15.2. The molecule has 4 rings (SSSR count). The van der Waals surface area contributed by atoms with Crippen LogP contribution in [-0.2, 0) is 13.0 Å². The first kappa shape index (κ1) is 17.1. The molecule has 2 N–H and O–H groups in total. The van der Waals surface area contributed by atoms with E-state index in [1.54, 1.807) is 4.68 Å². The van der Waals surface area contributed by atoms with Crippen molar-refractivity contribution >= 4 is 5.91 Å². The molecule has 1 aliphatic carbocycles. The molecule has 0 bridgehead atoms. The third kappa shape index (κ3) is 3.09. The maximum absolute atomic E-state index is 12.9. The molecule has 1 unspecified atom stereocenters. The van der Waals surface area contributed by atoms with Gasteiger partial charge in [-0.05, 0) is 61.9 Å². The topological polar surface area (TPSA) is 76.4 Å². The van der Waals surface area contributed by atoms with Gasteiger partial charge in [0, 0.05) is 13.0 Å². The highest BCUT2D eigenvalue weighted by atomic mass is 16.5. The van der Waals surface area contributed by atoms with Crippen molar-refractivity contribution in [2.45, 2.75) is 51.8 Å². The molecule has 1 atom stereocenters. The third-order valence-electron chi connectivity index (χ3n) is 5.41. The molecule has 26 heavy (non-hydrogen) atoms. The normalized spacial score (nSPS) is 22.3. The summed E-state index contributed by atoms with van der Waals surface area (Å²) in [5.74, 6) is 1.07. The second kappa shape index (κ2) is 6.76. The number of aryl methyl sites for hydroxylation is 2. The van der Waals surface area contributed by atoms with Crippen LogP contribution in [0.3, 0.4) is 0 Å². The molecule has 0 spiro atoms. The summed E-state index contributed by atoms with van der Waals surface area (Å²) in [5.41, 5.74) is 3.69. The first-order valence-electron chi connectivity index (χ1n) is 9.34. The Bertz CT molecular complexity index is 824. The molecule has 1 fully saturated rings. The van der Waals surface area contributed by atoms with Gasteiger partial charge in [-0.3, -0.25) is 9.48 Å². The number of hydrogen-bond donors (Lipinski definition) is 2. The predicted octanol–water partition coefficient (Wildman–Crippen LogP) is 2.39. The van der Waals surface area contributed by atoms with Crippen molar-refractivity contribution in [3.63, 3.8) is 0 Å². The van der Waals surface area contributed by atoms with Crippen LogP contribution in [0.4, 0.5) is 0 Å². The third-order valence-corrected chi connectivity index (χ3v) is 5.41. The average Bonchev–Trinajstić information content (AvgIpc) is 3.22. The Kier molecular flexibility index (Phi) is 4.44. The van der Waals surface area contributed by atoms with Crippen LogP contribution in [0.25, 0.3) is 0 Å². The van der Waals surface area contributed by atoms with E-state index < -0.39 is 0 Å². The Morgan fingerprint density at radius 3 is 2.96 bits per heavy atom. The van der Waals surface area contributed by atoms with Crippen LogP contribution in [0.1, 0.15) is 53.1 Å². The zero-order chi connectivity index (χ0) is 18.3. The van der Waals surface area contributed by atoms with Gasteiger partial charge in [0.2, 0.25) is 0 Å². The van der Waals surface area contributed by atoms with Crippen LogP contribution in [0.5, 0.6) is 5.75 Å². The number of ether oxygens (including phenoxy) is 1. The summed E-state index contributed by atoms with van der Waals surface area (Å²) in [6, 6.07) is 7.87. The second-order valence-electron chi connectivity index (χ2n) is 7.29. The number of carbonyl (C=O) groups is 1. The first-order chi connectivity index (χ1) is 12.5. The molecule has 0 radical (unpaired) electrons. The number of rotatable bonds is 5. The first-order valence-corrected chi connectivity index (χ1v) is 9.34. The minimum atomic E-state index is -0.263. The van der Waals surface area contributed by atoms with E-state index in [0.717, 1.165) is 23.4 Å². The smallest absolute Gasteiger partial charge is 0.270 e. The summed E-state index contributed by atoms with van der Waals surface area (Å²) >= 11 is 0. The van der Waals surface area contributed by atoms with E-state index in [1.807, 2.05) is 32.0 Å². The molecule has 0 saturated heterocycles. The Morgan fingerprint density at radius 1 is 1.42 bits per heavy atom. The van der Waals surface area contributed by atoms with Gasteiger partial charge in [-0.15, -0.1) is 0 Å². The van der Waals surface area contributed by atoms with Crippen molar-refractivity contribution in [3.8, 4) is 5.75 Å². The van der Waals surface area contributed by atoms with E-state index in [9.17, 15) is 9.90 Å². The molecule has 1 amide bonds. The summed E-state index contributed by atoms with van der Waals surface area (Å²) < 4.78 is 7.33. The van der Waals surface area contributed by atoms with Crippen molar-refractivity contribution in [1.82, 2.24) is 15.1 Å². The zero-order valence-electron chi connectivity index (χ0n) is 15.2. The Balaban J connectivity index is 1.60. The maximum atomic E-state index is 12.9. The van der Waals surface area contributed by atoms with E-state index in [4.69, 9.17) is 4.74 Å². The van der Waals surface area contributed by atoms with E-state index in [0.29, 0.717) is 31.7 Å². The minimum Gasteiger partial charge on any atom is -0.493 e. The molecule has 2 aromatic rings. The quantitative estimate of drug-likeness (QED) is 0.863. The van der Waals surface area contributed by atoms with Gasteiger partial charge in [0.25, 0.3) is 5.91 Å². The number of benzene rings is 1. The molecule has 2 heterocycles. The molecule has 138 valence electrons. The van der Waals surface area contributed by atoms with Gasteiger partial charge in [-0.25, -0.2) is 0 Å². The number of nitrogens with zero attached hydrogens (tertiary/aromatic N) is 2. The van der Waals surface area contributed by atoms with Gasteiger partial charge in [-0.2, -0.15) is 5.10 Å². The molecule has 6 nitrogen and oxygen atoms in total. The second-order valence-corrected chi connectivity index (χ2v) is 7.29. The number of hydrogen-bond acceptors (Lipinski definition) is 4. The van der Waals surface area contributed by atoms with Crippen LogP contribution < -0.4 is 10.1 Å². The number of amides is 1. The lowest BCUT2D eigenvalue weighted by atomic mass is 9.74. The van der Waals surface area contributed by atoms with Crippen molar-refractivity contribution in [1.29, 1.82) is 0 Å². The van der Waals surface area contributed by atoms with Crippen molar-refractivity contribution in [3.05, 3.63) is 46.8 Å². The maximum Gasteiger partial charge on any atom is 0.270 e. The van der Waals surface area contributed by atoms with Crippen LogP contribution in [0.2, 0.25) is 0 Å². The summed E-state index contributed by atoms with van der Waals surface area (Å²) in [6.45, 7) is 5.24. The number of aliphatic hydroxyl groups excluding tert-OH is 1. The summed E-state index contributed by atoms with van der Waals surface area (Å²) in [5, 5.41) is 17.3. The van der Waals surface area contributed by atoms with Crippen LogP contribution in [0.15, 0.2) is 24.3 Å². The average molecular weight is 355 g/mol. The number of fused-ring (bicyclic) bond motifs is 1. The number of aliphatic hydroxyl groups is 1. The molecule has 1 aromatic heterocycles.